The van der Waals surface area contributed by atoms with Gasteiger partial charge in [-0.25, -0.2) is 0 Å². The molecule has 0 heterocycles. The predicted molar refractivity (Wildman–Crippen MR) is 110 cm³/mol. The summed E-state index contributed by atoms with van der Waals surface area (Å²) in [6.07, 6.45) is 0.869. The maximum atomic E-state index is 12.5. The van der Waals surface area contributed by atoms with E-state index in [0.29, 0.717) is 29.1 Å². The first-order chi connectivity index (χ1) is 12.5. The number of nitrogens with one attached hydrogen (secondary N) is 2. The Bertz CT molecular complexity index is 813. The molecule has 4 N–H and O–H groups in total. The number of halogens is 2. The topological polar surface area (TPSA) is 93.5 Å². The average Bonchev–Trinajstić information content (AvgIpc) is 2.66. The standard InChI is InChI=1S/C19H22ClN3O3.ClH/c1-3-7-22-18(24)13-6-4-5-12(8-13)11-23-19(25)14-9-15(20)16(21)10-17(14)26-2;/h4-6,8-10H,3,7,11,21H2,1-2H3,(H,22,24)(H,23,25);1H. The van der Waals surface area contributed by atoms with E-state index < -0.39 is 0 Å². The number of benzene rings is 2. The van der Waals surface area contributed by atoms with Gasteiger partial charge >= 0.3 is 0 Å². The monoisotopic (exact) mass is 411 g/mol. The van der Waals surface area contributed by atoms with E-state index in [1.807, 2.05) is 13.0 Å². The van der Waals surface area contributed by atoms with Crippen LogP contribution in [-0.4, -0.2) is 25.5 Å². The third-order valence-electron chi connectivity index (χ3n) is 3.74. The summed E-state index contributed by atoms with van der Waals surface area (Å²) in [6, 6.07) is 10.1. The number of carbonyl (C=O) groups is 2. The summed E-state index contributed by atoms with van der Waals surface area (Å²) in [5.74, 6) is -0.131. The van der Waals surface area contributed by atoms with Crippen LogP contribution in [0, 0.1) is 0 Å². The van der Waals surface area contributed by atoms with Crippen molar-refractivity contribution in [2.45, 2.75) is 19.9 Å². The Morgan fingerprint density at radius 3 is 2.56 bits per heavy atom. The van der Waals surface area contributed by atoms with Crippen LogP contribution in [0.3, 0.4) is 0 Å². The normalized spacial score (nSPS) is 9.89. The molecule has 6 nitrogen and oxygen atoms in total. The van der Waals surface area contributed by atoms with Gasteiger partial charge in [0, 0.05) is 24.7 Å². The molecule has 0 aliphatic rings. The zero-order valence-corrected chi connectivity index (χ0v) is 16.7. The number of hydrogen-bond donors (Lipinski definition) is 3. The van der Waals surface area contributed by atoms with Crippen LogP contribution in [0.25, 0.3) is 0 Å². The highest BCUT2D eigenvalue weighted by Gasteiger charge is 2.15. The minimum atomic E-state index is -0.343. The molecule has 146 valence electrons. The Morgan fingerprint density at radius 1 is 1.15 bits per heavy atom. The van der Waals surface area contributed by atoms with Crippen molar-refractivity contribution in [1.29, 1.82) is 0 Å². The number of rotatable bonds is 7. The Labute approximate surface area is 169 Å². The second-order valence-electron chi connectivity index (χ2n) is 5.71. The van der Waals surface area contributed by atoms with E-state index in [9.17, 15) is 9.59 Å². The van der Waals surface area contributed by atoms with Gasteiger partial charge in [-0.1, -0.05) is 30.7 Å². The average molecular weight is 412 g/mol. The summed E-state index contributed by atoms with van der Waals surface area (Å²) < 4.78 is 5.19. The van der Waals surface area contributed by atoms with Gasteiger partial charge in [-0.15, -0.1) is 12.4 Å². The fourth-order valence-corrected chi connectivity index (χ4v) is 2.52. The van der Waals surface area contributed by atoms with Crippen molar-refractivity contribution in [1.82, 2.24) is 10.6 Å². The molecule has 0 bridgehead atoms. The van der Waals surface area contributed by atoms with Gasteiger partial charge in [0.05, 0.1) is 23.4 Å². The molecule has 0 saturated heterocycles. The van der Waals surface area contributed by atoms with E-state index in [1.165, 1.54) is 19.2 Å². The Morgan fingerprint density at radius 2 is 1.89 bits per heavy atom. The number of anilines is 1. The molecule has 0 aromatic heterocycles. The smallest absolute Gasteiger partial charge is 0.255 e. The molecule has 0 fully saturated rings. The molecule has 0 unspecified atom stereocenters. The third-order valence-corrected chi connectivity index (χ3v) is 4.07. The van der Waals surface area contributed by atoms with Crippen LogP contribution in [0.4, 0.5) is 5.69 Å². The van der Waals surface area contributed by atoms with Crippen LogP contribution in [0.5, 0.6) is 5.75 Å². The van der Waals surface area contributed by atoms with E-state index >= 15 is 0 Å². The van der Waals surface area contributed by atoms with Gasteiger partial charge in [-0.05, 0) is 30.2 Å². The number of nitrogens with two attached hydrogens (primary N) is 1. The van der Waals surface area contributed by atoms with Crippen LogP contribution in [0.1, 0.15) is 39.6 Å². The molecule has 0 atom stereocenters. The van der Waals surface area contributed by atoms with Crippen molar-refractivity contribution >= 4 is 41.5 Å². The van der Waals surface area contributed by atoms with Crippen molar-refractivity contribution < 1.29 is 14.3 Å². The molecule has 2 aromatic rings. The summed E-state index contributed by atoms with van der Waals surface area (Å²) in [7, 11) is 1.46. The lowest BCUT2D eigenvalue weighted by Gasteiger charge is -2.12. The van der Waals surface area contributed by atoms with Crippen LogP contribution >= 0.6 is 24.0 Å². The highest BCUT2D eigenvalue weighted by Crippen LogP contribution is 2.28. The van der Waals surface area contributed by atoms with Crippen LogP contribution in [0.15, 0.2) is 36.4 Å². The number of nitrogen functional groups attached to an aromatic ring is 1. The summed E-state index contributed by atoms with van der Waals surface area (Å²) in [5, 5.41) is 5.90. The summed E-state index contributed by atoms with van der Waals surface area (Å²) in [5.41, 5.74) is 7.72. The minimum absolute atomic E-state index is 0. The molecular formula is C19H23Cl2N3O3. The predicted octanol–water partition coefficient (Wildman–Crippen LogP) is 3.42. The van der Waals surface area contributed by atoms with Gasteiger partial charge in [-0.3, -0.25) is 9.59 Å². The highest BCUT2D eigenvalue weighted by molar-refractivity contribution is 6.33. The quantitative estimate of drug-likeness (QED) is 0.608. The lowest BCUT2D eigenvalue weighted by molar-refractivity contribution is 0.0944. The molecule has 2 aromatic carbocycles. The molecule has 8 heteroatoms. The molecule has 27 heavy (non-hydrogen) atoms. The fourth-order valence-electron chi connectivity index (χ4n) is 2.36. The molecule has 2 amide bonds. The minimum Gasteiger partial charge on any atom is -0.496 e. The second-order valence-corrected chi connectivity index (χ2v) is 6.12. The number of ether oxygens (including phenoxy) is 1. The molecular weight excluding hydrogens is 389 g/mol. The van der Waals surface area contributed by atoms with Gasteiger partial charge in [-0.2, -0.15) is 0 Å². The van der Waals surface area contributed by atoms with E-state index in [2.05, 4.69) is 10.6 Å². The number of hydrogen-bond acceptors (Lipinski definition) is 4. The zero-order chi connectivity index (χ0) is 19.1. The van der Waals surface area contributed by atoms with E-state index in [4.69, 9.17) is 22.1 Å². The van der Waals surface area contributed by atoms with Crippen molar-refractivity contribution in [3.8, 4) is 5.75 Å². The summed E-state index contributed by atoms with van der Waals surface area (Å²) >= 11 is 6.00. The summed E-state index contributed by atoms with van der Waals surface area (Å²) in [6.45, 7) is 2.88. The van der Waals surface area contributed by atoms with Gasteiger partial charge in [0.25, 0.3) is 11.8 Å². The Kier molecular flexibility index (Phi) is 8.91. The fraction of sp³-hybridized carbons (Fsp3) is 0.263. The van der Waals surface area contributed by atoms with Gasteiger partial charge in [0.2, 0.25) is 0 Å². The van der Waals surface area contributed by atoms with Crippen molar-refractivity contribution in [3.63, 3.8) is 0 Å². The van der Waals surface area contributed by atoms with E-state index in [-0.39, 0.29) is 35.8 Å². The van der Waals surface area contributed by atoms with Crippen molar-refractivity contribution in [3.05, 3.63) is 58.1 Å². The van der Waals surface area contributed by atoms with Crippen molar-refractivity contribution in [2.75, 3.05) is 19.4 Å². The number of amides is 2. The maximum absolute atomic E-state index is 12.5. The third kappa shape index (κ3) is 6.05. The number of methoxy groups -OCH3 is 1. The Hall–Kier alpha value is -2.44. The largest absolute Gasteiger partial charge is 0.496 e. The Balaban J connectivity index is 0.00000364. The first kappa shape index (κ1) is 22.6. The van der Waals surface area contributed by atoms with Gasteiger partial charge in [0.1, 0.15) is 5.75 Å². The van der Waals surface area contributed by atoms with E-state index in [1.54, 1.807) is 18.2 Å². The molecule has 0 radical (unpaired) electrons. The van der Waals surface area contributed by atoms with Crippen LogP contribution < -0.4 is 21.1 Å². The molecule has 0 aliphatic heterocycles. The molecule has 0 aliphatic carbocycles. The molecule has 0 spiro atoms. The number of carbonyl (C=O) groups excluding carboxylic acids is 2. The van der Waals surface area contributed by atoms with Gasteiger partial charge < -0.3 is 21.1 Å². The van der Waals surface area contributed by atoms with Gasteiger partial charge in [0.15, 0.2) is 0 Å². The van der Waals surface area contributed by atoms with Crippen molar-refractivity contribution in [2.24, 2.45) is 0 Å². The maximum Gasteiger partial charge on any atom is 0.255 e. The lowest BCUT2D eigenvalue weighted by Crippen LogP contribution is -2.25. The first-order valence-corrected chi connectivity index (χ1v) is 8.62. The SMILES string of the molecule is CCCNC(=O)c1cccc(CNC(=O)c2cc(Cl)c(N)cc2OC)c1.Cl. The van der Waals surface area contributed by atoms with Crippen LogP contribution in [-0.2, 0) is 6.54 Å². The lowest BCUT2D eigenvalue weighted by atomic mass is 10.1. The summed E-state index contributed by atoms with van der Waals surface area (Å²) in [4.78, 5) is 24.5. The zero-order valence-electron chi connectivity index (χ0n) is 15.2. The highest BCUT2D eigenvalue weighted by atomic mass is 35.5. The second kappa shape index (κ2) is 10.6. The molecule has 0 saturated carbocycles. The van der Waals surface area contributed by atoms with E-state index in [0.717, 1.165) is 12.0 Å². The molecule has 2 rings (SSSR count). The first-order valence-electron chi connectivity index (χ1n) is 8.24. The van der Waals surface area contributed by atoms with Crippen LogP contribution in [0.2, 0.25) is 5.02 Å².